The van der Waals surface area contributed by atoms with Crippen molar-refractivity contribution in [1.29, 1.82) is 0 Å². The Morgan fingerprint density at radius 2 is 1.90 bits per heavy atom. The predicted molar refractivity (Wildman–Crippen MR) is 186 cm³/mol. The molecule has 6 rings (SSSR count). The summed E-state index contributed by atoms with van der Waals surface area (Å²) in [6.45, 7) is 7.94. The second-order valence-electron chi connectivity index (χ2n) is 13.9. The van der Waals surface area contributed by atoms with Crippen molar-refractivity contribution in [3.63, 3.8) is 0 Å². The molecule has 0 saturated heterocycles. The van der Waals surface area contributed by atoms with Crippen molar-refractivity contribution in [2.24, 2.45) is 12.5 Å². The average Bonchev–Trinajstić information content (AvgIpc) is 3.70. The number of carbonyl (C=O) groups excluding carboxylic acids is 1. The summed E-state index contributed by atoms with van der Waals surface area (Å²) < 4.78 is 71.0. The van der Waals surface area contributed by atoms with Gasteiger partial charge in [-0.3, -0.25) is 9.78 Å². The number of hydrogen-bond donors (Lipinski definition) is 1. The number of nitrogens with zero attached hydrogens (tertiary/aromatic N) is 4. The summed E-state index contributed by atoms with van der Waals surface area (Å²) in [7, 11) is -1.89. The summed E-state index contributed by atoms with van der Waals surface area (Å²) in [5.41, 5.74) is 0.929. The quantitative estimate of drug-likeness (QED) is 0.198. The van der Waals surface area contributed by atoms with Crippen molar-refractivity contribution in [2.75, 3.05) is 18.1 Å². The highest BCUT2D eigenvalue weighted by molar-refractivity contribution is 7.91. The van der Waals surface area contributed by atoms with Gasteiger partial charge in [-0.15, -0.1) is 0 Å². The highest BCUT2D eigenvalue weighted by Crippen LogP contribution is 2.41. The van der Waals surface area contributed by atoms with Crippen molar-refractivity contribution in [1.82, 2.24) is 24.7 Å². The van der Waals surface area contributed by atoms with Crippen molar-refractivity contribution >= 4 is 26.7 Å². The molecule has 50 heavy (non-hydrogen) atoms. The third kappa shape index (κ3) is 7.14. The van der Waals surface area contributed by atoms with Crippen molar-refractivity contribution in [3.8, 4) is 23.0 Å². The van der Waals surface area contributed by atoms with Gasteiger partial charge in [-0.2, -0.15) is 9.49 Å². The molecule has 5 aromatic rings. The lowest BCUT2D eigenvalue weighted by atomic mass is 9.75. The van der Waals surface area contributed by atoms with Gasteiger partial charge in [-0.1, -0.05) is 44.5 Å². The van der Waals surface area contributed by atoms with Crippen LogP contribution in [0.25, 0.3) is 22.4 Å². The summed E-state index contributed by atoms with van der Waals surface area (Å²) in [5.74, 6) is -2.31. The molecule has 13 heteroatoms. The Labute approximate surface area is 290 Å². The zero-order valence-electron chi connectivity index (χ0n) is 28.8. The first-order chi connectivity index (χ1) is 23.7. The fourth-order valence-electron chi connectivity index (χ4n) is 6.88. The maximum absolute atomic E-state index is 15.7. The van der Waals surface area contributed by atoms with Gasteiger partial charge >= 0.3 is 5.97 Å². The van der Waals surface area contributed by atoms with E-state index >= 15 is 8.78 Å². The molecule has 1 aliphatic rings. The van der Waals surface area contributed by atoms with Crippen LogP contribution in [0.2, 0.25) is 0 Å². The van der Waals surface area contributed by atoms with Crippen LogP contribution in [0.15, 0.2) is 54.9 Å². The fourth-order valence-corrected chi connectivity index (χ4v) is 8.88. The molecule has 264 valence electrons. The maximum Gasteiger partial charge on any atom is 0.310 e. The number of halogens is 2. The van der Waals surface area contributed by atoms with Crippen LogP contribution >= 0.6 is 0 Å². The van der Waals surface area contributed by atoms with Crippen LogP contribution in [0.4, 0.5) is 8.78 Å². The topological polar surface area (TPSA) is 129 Å². The number of aryl methyl sites for hydroxylation is 2. The molecule has 0 amide bonds. The van der Waals surface area contributed by atoms with Crippen LogP contribution in [-0.4, -0.2) is 57.2 Å². The lowest BCUT2D eigenvalue weighted by Gasteiger charge is -2.30. The van der Waals surface area contributed by atoms with Crippen LogP contribution in [-0.2, 0) is 44.7 Å². The van der Waals surface area contributed by atoms with E-state index in [1.54, 1.807) is 30.8 Å². The van der Waals surface area contributed by atoms with Gasteiger partial charge in [0.05, 0.1) is 35.5 Å². The molecule has 0 saturated carbocycles. The minimum absolute atomic E-state index is 0.0544. The summed E-state index contributed by atoms with van der Waals surface area (Å²) in [6.07, 6.45) is 4.81. The molecular formula is C37H41F2N5O5S. The number of nitrogens with one attached hydrogen (secondary N) is 1. The molecule has 1 N–H and O–H groups in total. The van der Waals surface area contributed by atoms with Gasteiger partial charge in [-0.25, -0.2) is 22.5 Å². The lowest BCUT2D eigenvalue weighted by Crippen LogP contribution is -2.29. The Hall–Kier alpha value is -4.65. The lowest BCUT2D eigenvalue weighted by molar-refractivity contribution is -0.142. The van der Waals surface area contributed by atoms with Crippen LogP contribution in [0.1, 0.15) is 69.5 Å². The second-order valence-corrected chi connectivity index (χ2v) is 16.1. The molecule has 1 aliphatic heterocycles. The van der Waals surface area contributed by atoms with Gasteiger partial charge in [0, 0.05) is 36.5 Å². The minimum Gasteiger partial charge on any atom is -0.466 e. The largest absolute Gasteiger partial charge is 0.466 e. The molecule has 4 bridgehead atoms. The molecular weight excluding hydrogens is 664 g/mol. The van der Waals surface area contributed by atoms with Gasteiger partial charge in [0.25, 0.3) is 0 Å². The molecule has 0 spiro atoms. The number of H-pyrrole nitrogens is 1. The first-order valence-corrected chi connectivity index (χ1v) is 18.5. The van der Waals surface area contributed by atoms with Gasteiger partial charge in [-0.05, 0) is 61.8 Å². The fraction of sp³-hybridized carbons (Fsp3) is 0.405. The van der Waals surface area contributed by atoms with E-state index in [2.05, 4.69) is 9.97 Å². The first-order valence-electron chi connectivity index (χ1n) is 16.7. The van der Waals surface area contributed by atoms with E-state index in [0.717, 1.165) is 11.1 Å². The maximum atomic E-state index is 15.7. The van der Waals surface area contributed by atoms with Crippen LogP contribution in [0, 0.1) is 17.0 Å². The first kappa shape index (κ1) is 35.2. The third-order valence-corrected chi connectivity index (χ3v) is 11.5. The van der Waals surface area contributed by atoms with E-state index in [0.29, 0.717) is 42.0 Å². The van der Waals surface area contributed by atoms with Gasteiger partial charge in [0.2, 0.25) is 5.82 Å². The zero-order chi connectivity index (χ0) is 35.8. The van der Waals surface area contributed by atoms with Crippen LogP contribution in [0.5, 0.6) is 11.5 Å². The summed E-state index contributed by atoms with van der Waals surface area (Å²) in [6, 6.07) is 12.4. The van der Waals surface area contributed by atoms with Crippen LogP contribution < -0.4 is 4.74 Å². The zero-order valence-corrected chi connectivity index (χ0v) is 29.7. The predicted octanol–water partition coefficient (Wildman–Crippen LogP) is 7.01. The Bertz CT molecular complexity index is 2180. The molecule has 2 aromatic carbocycles. The third-order valence-electron chi connectivity index (χ3n) is 9.42. The summed E-state index contributed by atoms with van der Waals surface area (Å²) in [5, 5.41) is 5.19. The van der Waals surface area contributed by atoms with Crippen LogP contribution in [0.3, 0.4) is 0 Å². The average molecular weight is 706 g/mol. The highest BCUT2D eigenvalue weighted by atomic mass is 32.2. The SMILES string of the molecule is CCOC(=O)Cc1cccc([C@@]2(C)CCCC(C)(C)CS(=O)(=O)CCc3c(c(F)c(F)c4[nH]ccc34)Oc3ccnc(c3)-c3nc2nn3C)c1. The van der Waals surface area contributed by atoms with Gasteiger partial charge in [0.1, 0.15) is 11.4 Å². The smallest absolute Gasteiger partial charge is 0.310 e. The minimum atomic E-state index is -3.65. The number of pyridine rings is 1. The normalized spacial score (nSPS) is 19.2. The summed E-state index contributed by atoms with van der Waals surface area (Å²) >= 11 is 0. The second kappa shape index (κ2) is 13.6. The number of hydrogen-bond acceptors (Lipinski definition) is 8. The number of esters is 1. The Morgan fingerprint density at radius 1 is 1.10 bits per heavy atom. The molecule has 10 nitrogen and oxygen atoms in total. The monoisotopic (exact) mass is 705 g/mol. The van der Waals surface area contributed by atoms with E-state index in [1.807, 2.05) is 45.0 Å². The van der Waals surface area contributed by atoms with E-state index in [1.165, 1.54) is 18.5 Å². The van der Waals surface area contributed by atoms with Crippen molar-refractivity contribution in [3.05, 3.63) is 89.0 Å². The highest BCUT2D eigenvalue weighted by Gasteiger charge is 2.36. The molecule has 4 heterocycles. The van der Waals surface area contributed by atoms with Crippen molar-refractivity contribution < 1.29 is 31.5 Å². The number of rotatable bonds is 4. The molecule has 0 fully saturated rings. The van der Waals surface area contributed by atoms with E-state index < -0.39 is 32.3 Å². The number of sulfone groups is 1. The van der Waals surface area contributed by atoms with E-state index in [9.17, 15) is 13.2 Å². The molecule has 1 atom stereocenters. The number of aromatic amines is 1. The van der Waals surface area contributed by atoms with E-state index in [-0.39, 0.29) is 59.5 Å². The van der Waals surface area contributed by atoms with Gasteiger partial charge < -0.3 is 14.5 Å². The van der Waals surface area contributed by atoms with Gasteiger partial charge in [0.15, 0.2) is 33.1 Å². The number of carbonyl (C=O) groups is 1. The number of ether oxygens (including phenoxy) is 2. The number of benzene rings is 2. The molecule has 3 aromatic heterocycles. The standard InChI is InChI=1S/C37H41F2N5O5S/c1-6-48-29(45)20-23-9-7-10-24(19-23)37(4)15-8-14-36(2,3)22-50(46,47)18-13-27-26-12-17-41-32(26)30(38)31(39)33(27)49-25-11-16-40-28(21-25)34-42-35(37)43-44(34)5/h7,9-12,16-17,19,21,41H,6,8,13-15,18,20,22H2,1-5H3/t37-/m1/s1. The Morgan fingerprint density at radius 3 is 2.68 bits per heavy atom. The number of fused-ring (bicyclic) bond motifs is 8. The number of aromatic nitrogens is 5. The van der Waals surface area contributed by atoms with Crippen molar-refractivity contribution in [2.45, 2.75) is 65.2 Å². The Kier molecular flexibility index (Phi) is 9.55. The molecule has 0 unspecified atom stereocenters. The van der Waals surface area contributed by atoms with E-state index in [4.69, 9.17) is 19.6 Å². The molecule has 0 aliphatic carbocycles. The summed E-state index contributed by atoms with van der Waals surface area (Å²) in [4.78, 5) is 24.5. The molecule has 0 radical (unpaired) electrons. The Balaban J connectivity index is 1.48.